The lowest BCUT2D eigenvalue weighted by atomic mass is 10.00. The van der Waals surface area contributed by atoms with E-state index in [1.54, 1.807) is 22.7 Å². The predicted octanol–water partition coefficient (Wildman–Crippen LogP) is 5.24. The first kappa shape index (κ1) is 13.8. The molecule has 104 valence electrons. The minimum absolute atomic E-state index is 0.507. The van der Waals surface area contributed by atoms with Gasteiger partial charge >= 0.3 is 0 Å². The van der Waals surface area contributed by atoms with Crippen LogP contribution >= 0.6 is 22.7 Å². The third kappa shape index (κ3) is 2.80. The lowest BCUT2D eigenvalue weighted by Crippen LogP contribution is -1.98. The summed E-state index contributed by atoms with van der Waals surface area (Å²) in [7, 11) is 0. The molecule has 0 saturated carbocycles. The van der Waals surface area contributed by atoms with E-state index in [0.29, 0.717) is 5.92 Å². The zero-order valence-electron chi connectivity index (χ0n) is 11.7. The van der Waals surface area contributed by atoms with Crippen LogP contribution in [-0.2, 0) is 6.42 Å². The molecule has 1 nitrogen and oxygen atoms in total. The zero-order valence-corrected chi connectivity index (χ0v) is 13.3. The van der Waals surface area contributed by atoms with Gasteiger partial charge in [0.15, 0.2) is 0 Å². The number of hydrogen-bond acceptors (Lipinski definition) is 3. The summed E-state index contributed by atoms with van der Waals surface area (Å²) in [6.45, 7) is 4.45. The highest BCUT2D eigenvalue weighted by Crippen LogP contribution is 2.35. The van der Waals surface area contributed by atoms with Crippen molar-refractivity contribution in [3.8, 4) is 0 Å². The minimum atomic E-state index is -0.507. The summed E-state index contributed by atoms with van der Waals surface area (Å²) in [5.74, 6) is 0.662. The van der Waals surface area contributed by atoms with Crippen LogP contribution < -0.4 is 0 Å². The van der Waals surface area contributed by atoms with E-state index in [4.69, 9.17) is 0 Å². The highest BCUT2D eigenvalue weighted by atomic mass is 32.1. The second-order valence-electron chi connectivity index (χ2n) is 5.54. The maximum Gasteiger partial charge on any atom is 0.113 e. The summed E-state index contributed by atoms with van der Waals surface area (Å²) < 4.78 is 2.53. The number of rotatable bonds is 4. The van der Waals surface area contributed by atoms with Crippen LogP contribution in [0.5, 0.6) is 0 Å². The van der Waals surface area contributed by atoms with Crippen molar-refractivity contribution >= 4 is 32.1 Å². The molecule has 1 aromatic carbocycles. The monoisotopic (exact) mass is 302 g/mol. The molecule has 3 heteroatoms. The molecule has 2 heterocycles. The molecule has 0 amide bonds. The summed E-state index contributed by atoms with van der Waals surface area (Å²) in [6, 6.07) is 12.6. The molecule has 0 fully saturated rings. The minimum Gasteiger partial charge on any atom is -0.383 e. The number of benzene rings is 1. The maximum atomic E-state index is 10.5. The fourth-order valence-electron chi connectivity index (χ4n) is 2.39. The van der Waals surface area contributed by atoms with Gasteiger partial charge in [0.1, 0.15) is 6.10 Å². The predicted molar refractivity (Wildman–Crippen MR) is 88.7 cm³/mol. The molecule has 0 spiro atoms. The SMILES string of the molecule is CC(C)Cc1ccc(C(O)c2cc3sccc3s2)cc1. The molecule has 1 N–H and O–H groups in total. The molecular formula is C17H18OS2. The second-order valence-corrected chi connectivity index (χ2v) is 7.60. The van der Waals surface area contributed by atoms with E-state index in [0.717, 1.165) is 16.9 Å². The van der Waals surface area contributed by atoms with Gasteiger partial charge in [-0.3, -0.25) is 0 Å². The zero-order chi connectivity index (χ0) is 14.1. The molecule has 0 aliphatic rings. The van der Waals surface area contributed by atoms with Crippen LogP contribution in [0.4, 0.5) is 0 Å². The third-order valence-electron chi connectivity index (χ3n) is 3.37. The largest absolute Gasteiger partial charge is 0.383 e. The van der Waals surface area contributed by atoms with Crippen molar-refractivity contribution in [3.05, 3.63) is 57.8 Å². The Kier molecular flexibility index (Phi) is 3.92. The van der Waals surface area contributed by atoms with Gasteiger partial charge in [0, 0.05) is 14.3 Å². The van der Waals surface area contributed by atoms with Gasteiger partial charge in [-0.2, -0.15) is 0 Å². The summed E-state index contributed by atoms with van der Waals surface area (Å²) in [4.78, 5) is 1.03. The molecule has 20 heavy (non-hydrogen) atoms. The van der Waals surface area contributed by atoms with Crippen molar-refractivity contribution in [2.24, 2.45) is 5.92 Å². The molecule has 0 aliphatic carbocycles. The van der Waals surface area contributed by atoms with Crippen molar-refractivity contribution in [1.82, 2.24) is 0 Å². The Morgan fingerprint density at radius 1 is 1.05 bits per heavy atom. The number of fused-ring (bicyclic) bond motifs is 1. The highest BCUT2D eigenvalue weighted by Gasteiger charge is 2.14. The van der Waals surface area contributed by atoms with Crippen LogP contribution in [0.25, 0.3) is 9.40 Å². The molecule has 0 radical (unpaired) electrons. The van der Waals surface area contributed by atoms with Crippen molar-refractivity contribution in [2.45, 2.75) is 26.4 Å². The molecule has 1 atom stereocenters. The van der Waals surface area contributed by atoms with Crippen molar-refractivity contribution in [1.29, 1.82) is 0 Å². The molecule has 0 bridgehead atoms. The Morgan fingerprint density at radius 3 is 2.45 bits per heavy atom. The number of aliphatic hydroxyl groups excluding tert-OH is 1. The average molecular weight is 302 g/mol. The van der Waals surface area contributed by atoms with E-state index >= 15 is 0 Å². The standard InChI is InChI=1S/C17H18OS2/c1-11(2)9-12-3-5-13(6-4-12)17(18)16-10-15-14(20-16)7-8-19-15/h3-8,10-11,17-18H,9H2,1-2H3. The first-order valence-corrected chi connectivity index (χ1v) is 8.57. The van der Waals surface area contributed by atoms with Crippen molar-refractivity contribution in [3.63, 3.8) is 0 Å². The number of thiophene rings is 2. The topological polar surface area (TPSA) is 20.2 Å². The molecule has 0 saturated heterocycles. The van der Waals surface area contributed by atoms with Crippen LogP contribution in [0, 0.1) is 5.92 Å². The maximum absolute atomic E-state index is 10.5. The van der Waals surface area contributed by atoms with Gasteiger partial charge in [-0.25, -0.2) is 0 Å². The van der Waals surface area contributed by atoms with Gasteiger partial charge in [-0.15, -0.1) is 22.7 Å². The molecule has 2 aromatic heterocycles. The smallest absolute Gasteiger partial charge is 0.113 e. The first-order valence-electron chi connectivity index (χ1n) is 6.87. The quantitative estimate of drug-likeness (QED) is 0.698. The summed E-state index contributed by atoms with van der Waals surface area (Å²) >= 11 is 3.41. The van der Waals surface area contributed by atoms with Gasteiger partial charge in [0.05, 0.1) is 0 Å². The summed E-state index contributed by atoms with van der Waals surface area (Å²) in [5, 5.41) is 12.6. The Morgan fingerprint density at radius 2 is 1.80 bits per heavy atom. The van der Waals surface area contributed by atoms with E-state index in [9.17, 15) is 5.11 Å². The van der Waals surface area contributed by atoms with Crippen LogP contribution in [0.3, 0.4) is 0 Å². The lowest BCUT2D eigenvalue weighted by Gasteiger charge is -2.10. The Bertz CT molecular complexity index is 663. The Hall–Kier alpha value is -1.16. The van der Waals surface area contributed by atoms with Crippen LogP contribution in [0.1, 0.15) is 36.0 Å². The number of aliphatic hydroxyl groups is 1. The average Bonchev–Trinajstić information content (AvgIpc) is 2.98. The molecule has 3 aromatic rings. The van der Waals surface area contributed by atoms with Crippen LogP contribution in [-0.4, -0.2) is 5.11 Å². The molecule has 0 aliphatic heterocycles. The third-order valence-corrected chi connectivity index (χ3v) is 5.51. The molecule has 1 unspecified atom stereocenters. The van der Waals surface area contributed by atoms with Gasteiger partial charge < -0.3 is 5.11 Å². The second kappa shape index (κ2) is 5.68. The number of hydrogen-bond donors (Lipinski definition) is 1. The first-order chi connectivity index (χ1) is 9.63. The van der Waals surface area contributed by atoms with Crippen molar-refractivity contribution in [2.75, 3.05) is 0 Å². The van der Waals surface area contributed by atoms with E-state index in [-0.39, 0.29) is 0 Å². The Labute approximate surface area is 127 Å². The van der Waals surface area contributed by atoms with Crippen LogP contribution in [0.2, 0.25) is 0 Å². The van der Waals surface area contributed by atoms with E-state index in [1.807, 2.05) is 0 Å². The van der Waals surface area contributed by atoms with Crippen LogP contribution in [0.15, 0.2) is 41.8 Å². The van der Waals surface area contributed by atoms with Gasteiger partial charge in [-0.05, 0) is 41.0 Å². The van der Waals surface area contributed by atoms with E-state index in [1.165, 1.54) is 15.0 Å². The lowest BCUT2D eigenvalue weighted by molar-refractivity contribution is 0.224. The summed E-state index contributed by atoms with van der Waals surface area (Å²) in [5.41, 5.74) is 2.31. The fourth-order valence-corrected chi connectivity index (χ4v) is 4.52. The Balaban J connectivity index is 1.82. The van der Waals surface area contributed by atoms with Gasteiger partial charge in [0.2, 0.25) is 0 Å². The summed E-state index contributed by atoms with van der Waals surface area (Å²) in [6.07, 6.45) is 0.582. The normalized spacial score (nSPS) is 13.2. The molecule has 3 rings (SSSR count). The van der Waals surface area contributed by atoms with Crippen molar-refractivity contribution < 1.29 is 5.11 Å². The fraction of sp³-hybridized carbons (Fsp3) is 0.294. The van der Waals surface area contributed by atoms with Gasteiger partial charge in [-0.1, -0.05) is 38.1 Å². The molecular weight excluding hydrogens is 284 g/mol. The van der Waals surface area contributed by atoms with E-state index < -0.39 is 6.10 Å². The van der Waals surface area contributed by atoms with Gasteiger partial charge in [0.25, 0.3) is 0 Å². The van der Waals surface area contributed by atoms with E-state index in [2.05, 4.69) is 55.6 Å². The highest BCUT2D eigenvalue weighted by molar-refractivity contribution is 7.26.